The fourth-order valence-corrected chi connectivity index (χ4v) is 10.2. The Bertz CT molecular complexity index is 2460. The van der Waals surface area contributed by atoms with E-state index in [1.807, 2.05) is 17.0 Å². The monoisotopic (exact) mass is 951 g/mol. The normalized spacial score (nSPS) is 19.3. The molecule has 3 aromatic rings. The maximum Gasteiger partial charge on any atom is 0.260 e. The topological polar surface area (TPSA) is 163 Å². The number of carbonyl (C=O) groups is 4. The van der Waals surface area contributed by atoms with Gasteiger partial charge in [0.2, 0.25) is 0 Å². The number of ketones is 1. The average molecular weight is 952 g/mol. The fraction of sp³-hybridized carbons (Fsp3) is 0.480. The van der Waals surface area contributed by atoms with Gasteiger partial charge in [0.25, 0.3) is 17.7 Å². The number of fused-ring (bicyclic) bond motifs is 4. The van der Waals surface area contributed by atoms with Gasteiger partial charge in [0.05, 0.1) is 49.9 Å². The Labute approximate surface area is 395 Å². The number of nitrogens with two attached hydrogens (primary N) is 1. The fourth-order valence-electron chi connectivity index (χ4n) is 8.73. The molecule has 2 N–H and O–H groups in total. The maximum atomic E-state index is 14.5. The largest absolute Gasteiger partial charge is 0.493 e. The Morgan fingerprint density at radius 3 is 1.78 bits per heavy atom. The molecule has 4 heterocycles. The molecule has 0 bridgehead atoms. The number of benzene rings is 3. The predicted molar refractivity (Wildman–Crippen MR) is 264 cm³/mol. The van der Waals surface area contributed by atoms with Crippen LogP contribution in [0, 0.1) is 5.92 Å². The van der Waals surface area contributed by atoms with Gasteiger partial charge in [-0.15, -0.1) is 0 Å². The van der Waals surface area contributed by atoms with Crippen molar-refractivity contribution in [1.82, 2.24) is 9.80 Å². The average Bonchev–Trinajstić information content (AvgIpc) is 3.98. The summed E-state index contributed by atoms with van der Waals surface area (Å²) in [5.41, 5.74) is 10.8. The van der Waals surface area contributed by atoms with E-state index in [1.54, 1.807) is 58.6 Å². The maximum absolute atomic E-state index is 14.5. The van der Waals surface area contributed by atoms with E-state index in [1.165, 1.54) is 19.1 Å². The van der Waals surface area contributed by atoms with Gasteiger partial charge >= 0.3 is 0 Å². The minimum atomic E-state index is -1.43. The summed E-state index contributed by atoms with van der Waals surface area (Å²) in [5, 5.41) is 0. The van der Waals surface area contributed by atoms with E-state index in [4.69, 9.17) is 34.2 Å². The van der Waals surface area contributed by atoms with Crippen LogP contribution in [0.15, 0.2) is 66.5 Å². The first-order chi connectivity index (χ1) is 31.9. The molecule has 8 rings (SSSR count). The number of ether oxygens (including phenoxy) is 6. The van der Waals surface area contributed by atoms with Crippen molar-refractivity contribution >= 4 is 62.3 Å². The zero-order valence-electron chi connectivity index (χ0n) is 40.1. The molecule has 1 aliphatic carbocycles. The first kappa shape index (κ1) is 47.9. The molecule has 3 amide bonds. The van der Waals surface area contributed by atoms with E-state index in [-0.39, 0.29) is 56.1 Å². The van der Waals surface area contributed by atoms with E-state index >= 15 is 0 Å². The molecule has 1 saturated carbocycles. The lowest BCUT2D eigenvalue weighted by molar-refractivity contribution is -0.123. The highest BCUT2D eigenvalue weighted by atomic mass is 28.3. The quantitative estimate of drug-likeness (QED) is 0.0664. The van der Waals surface area contributed by atoms with Crippen LogP contribution in [0.1, 0.15) is 52.0 Å². The van der Waals surface area contributed by atoms with Crippen molar-refractivity contribution in [2.75, 3.05) is 76.2 Å². The molecule has 0 unspecified atom stereocenters. The molecule has 5 aliphatic rings. The second-order valence-electron chi connectivity index (χ2n) is 20.4. The standard InChI is InChI=1S/C50H65N5O10Si2/c1-60-43-23-36-39(52(30-62-18-20-66(3,4)5)29-42-47(56)38(33-10-11-33)28-54(42)48(36)57)25-45(43)64-16-9-17-65-46-26-40-37(24-44(46)61-2)49(58)53-27-34(32-12-14-35(51)15-13-32)22-41(53)50(59)55(40)31-63-19-21-67(6,7)8/h12-15,23-28,33,41-42H,9-11,16-22,29-31,51H2,1-8H3/t41-,42-/m0/s1. The summed E-state index contributed by atoms with van der Waals surface area (Å²) in [5.74, 6) is 0.878. The first-order valence-electron chi connectivity index (χ1n) is 23.3. The number of amides is 3. The summed E-state index contributed by atoms with van der Waals surface area (Å²) in [4.78, 5) is 63.5. The van der Waals surface area contributed by atoms with Gasteiger partial charge in [0.15, 0.2) is 28.8 Å². The minimum absolute atomic E-state index is 0.00325. The zero-order chi connectivity index (χ0) is 47.8. The van der Waals surface area contributed by atoms with E-state index in [0.717, 1.165) is 41.6 Å². The second-order valence-corrected chi connectivity index (χ2v) is 31.7. The van der Waals surface area contributed by atoms with E-state index in [2.05, 4.69) is 39.3 Å². The number of anilines is 3. The van der Waals surface area contributed by atoms with Gasteiger partial charge < -0.3 is 48.9 Å². The Morgan fingerprint density at radius 1 is 0.657 bits per heavy atom. The number of rotatable bonds is 20. The van der Waals surface area contributed by atoms with Crippen molar-refractivity contribution in [3.05, 3.63) is 83.2 Å². The molecular weight excluding hydrogens is 887 g/mol. The highest BCUT2D eigenvalue weighted by Crippen LogP contribution is 2.45. The Hall–Kier alpha value is -5.63. The molecule has 0 aromatic heterocycles. The van der Waals surface area contributed by atoms with Crippen LogP contribution < -0.4 is 34.5 Å². The summed E-state index contributed by atoms with van der Waals surface area (Å²) in [6.07, 6.45) is 6.22. The molecular formula is C50H65N5O10Si2. The number of nitrogen functional groups attached to an aromatic ring is 1. The number of Topliss-reactive ketones (excluding diaryl/α,β-unsaturated/α-hetero) is 1. The summed E-state index contributed by atoms with van der Waals surface area (Å²) in [6.45, 7) is 15.6. The molecule has 4 aliphatic heterocycles. The van der Waals surface area contributed by atoms with Crippen molar-refractivity contribution in [3.8, 4) is 23.0 Å². The van der Waals surface area contributed by atoms with Gasteiger partial charge in [-0.2, -0.15) is 0 Å². The predicted octanol–water partition coefficient (Wildman–Crippen LogP) is 7.87. The molecule has 358 valence electrons. The number of methoxy groups -OCH3 is 2. The summed E-state index contributed by atoms with van der Waals surface area (Å²) >= 11 is 0. The highest BCUT2D eigenvalue weighted by Gasteiger charge is 2.47. The van der Waals surface area contributed by atoms with Gasteiger partial charge in [-0.25, -0.2) is 0 Å². The van der Waals surface area contributed by atoms with Gasteiger partial charge in [0.1, 0.15) is 25.5 Å². The van der Waals surface area contributed by atoms with Crippen LogP contribution in [-0.2, 0) is 19.1 Å². The summed E-state index contributed by atoms with van der Waals surface area (Å²) < 4.78 is 36.6. The summed E-state index contributed by atoms with van der Waals surface area (Å²) in [6, 6.07) is 14.7. The van der Waals surface area contributed by atoms with Crippen molar-refractivity contribution in [3.63, 3.8) is 0 Å². The lowest BCUT2D eigenvalue weighted by Crippen LogP contribution is -2.45. The van der Waals surface area contributed by atoms with E-state index in [0.29, 0.717) is 83.8 Å². The molecule has 1 fully saturated rings. The van der Waals surface area contributed by atoms with E-state index in [9.17, 15) is 19.2 Å². The molecule has 3 aromatic carbocycles. The molecule has 67 heavy (non-hydrogen) atoms. The van der Waals surface area contributed by atoms with Crippen LogP contribution in [0.2, 0.25) is 51.4 Å². The number of hydrogen-bond donors (Lipinski definition) is 1. The smallest absolute Gasteiger partial charge is 0.260 e. The lowest BCUT2D eigenvalue weighted by atomic mass is 10.0. The molecule has 17 heteroatoms. The number of nitrogens with zero attached hydrogens (tertiary/aromatic N) is 4. The van der Waals surface area contributed by atoms with Crippen molar-refractivity contribution in [2.45, 2.75) is 89.1 Å². The van der Waals surface area contributed by atoms with Crippen LogP contribution in [-0.4, -0.2) is 122 Å². The van der Waals surface area contributed by atoms with Crippen LogP contribution in [0.25, 0.3) is 5.57 Å². The number of hydrogen-bond acceptors (Lipinski definition) is 12. The number of carbonyl (C=O) groups excluding carboxylic acids is 4. The van der Waals surface area contributed by atoms with Crippen LogP contribution in [0.5, 0.6) is 23.0 Å². The summed E-state index contributed by atoms with van der Waals surface area (Å²) in [7, 11) is 0.251. The zero-order valence-corrected chi connectivity index (χ0v) is 42.1. The third-order valence-corrected chi connectivity index (χ3v) is 16.3. The van der Waals surface area contributed by atoms with Crippen molar-refractivity contribution < 1.29 is 47.6 Å². The van der Waals surface area contributed by atoms with Gasteiger partial charge in [0, 0.05) is 84.5 Å². The molecule has 2 atom stereocenters. The second kappa shape index (κ2) is 19.5. The van der Waals surface area contributed by atoms with Crippen LogP contribution >= 0.6 is 0 Å². The van der Waals surface area contributed by atoms with E-state index < -0.39 is 28.2 Å². The third kappa shape index (κ3) is 10.6. The van der Waals surface area contributed by atoms with Crippen molar-refractivity contribution in [2.24, 2.45) is 5.92 Å². The van der Waals surface area contributed by atoms with Crippen LogP contribution in [0.3, 0.4) is 0 Å². The first-order valence-corrected chi connectivity index (χ1v) is 30.8. The Balaban J connectivity index is 0.999. The minimum Gasteiger partial charge on any atom is -0.493 e. The third-order valence-electron chi connectivity index (χ3n) is 12.9. The van der Waals surface area contributed by atoms with Gasteiger partial charge in [-0.3, -0.25) is 24.1 Å². The van der Waals surface area contributed by atoms with Crippen LogP contribution in [0.4, 0.5) is 17.1 Å². The Morgan fingerprint density at radius 2 is 1.21 bits per heavy atom. The van der Waals surface area contributed by atoms with Gasteiger partial charge in [-0.05, 0) is 66.2 Å². The molecule has 0 spiro atoms. The Kier molecular flexibility index (Phi) is 14.0. The van der Waals surface area contributed by atoms with Gasteiger partial charge in [-0.1, -0.05) is 51.4 Å². The van der Waals surface area contributed by atoms with Crippen molar-refractivity contribution in [1.29, 1.82) is 0 Å². The molecule has 0 radical (unpaired) electrons. The molecule has 0 saturated heterocycles. The SMILES string of the molecule is COc1cc2c(cc1OCCCOc1cc3c(cc1OC)C(=O)N1C=C(c4ccc(N)cc4)C[C@H]1C(=O)N3COCC[Si](C)(C)C)N(COCC[Si](C)(C)C)C[C@H]1C(=O)C(C3CC3)=CN1C2=O. The lowest BCUT2D eigenvalue weighted by Gasteiger charge is -2.28. The highest BCUT2D eigenvalue weighted by molar-refractivity contribution is 6.76. The molecule has 15 nitrogen and oxygen atoms in total.